The number of carboxylic acid groups (broad SMARTS) is 2. The number of nitrogens with zero attached hydrogens (tertiary/aromatic N) is 1. The van der Waals surface area contributed by atoms with Gasteiger partial charge in [-0.1, -0.05) is 0 Å². The molecular formula is C22H43N3O7. The van der Waals surface area contributed by atoms with Gasteiger partial charge >= 0.3 is 11.9 Å². The van der Waals surface area contributed by atoms with Crippen LogP contribution in [-0.4, -0.2) is 75.6 Å². The van der Waals surface area contributed by atoms with Crippen LogP contribution in [0.15, 0.2) is 0 Å². The standard InChI is InChI=1S/2C8H15NO2.C6H13NO3/c2*9-5-6-1-3-7(4-2-6)8(10)11;1-3-7(4-2)5(8)6(9)10/h2*6-7H,1-5,9H2,(H,10,11);6,9-10H,3-4H2,1-2H3. The van der Waals surface area contributed by atoms with Crippen molar-refractivity contribution in [3.63, 3.8) is 0 Å². The summed E-state index contributed by atoms with van der Waals surface area (Å²) in [6.45, 7) is 6.01. The molecular weight excluding hydrogens is 418 g/mol. The van der Waals surface area contributed by atoms with Crippen LogP contribution >= 0.6 is 0 Å². The topological polar surface area (TPSA) is 187 Å². The zero-order valence-corrected chi connectivity index (χ0v) is 19.5. The first-order chi connectivity index (χ1) is 15.1. The molecule has 2 aliphatic rings. The minimum absolute atomic E-state index is 0.0993. The molecule has 32 heavy (non-hydrogen) atoms. The van der Waals surface area contributed by atoms with Gasteiger partial charge in [-0.15, -0.1) is 0 Å². The van der Waals surface area contributed by atoms with E-state index in [-0.39, 0.29) is 11.8 Å². The van der Waals surface area contributed by atoms with Crippen molar-refractivity contribution < 1.29 is 34.8 Å². The van der Waals surface area contributed by atoms with Crippen LogP contribution in [0.3, 0.4) is 0 Å². The number of aliphatic hydroxyl groups is 2. The molecule has 0 heterocycles. The predicted octanol–water partition coefficient (Wildman–Crippen LogP) is 0.838. The molecule has 0 bridgehead atoms. The van der Waals surface area contributed by atoms with Crippen LogP contribution in [0, 0.1) is 23.7 Å². The smallest absolute Gasteiger partial charge is 0.306 e. The molecule has 8 N–H and O–H groups in total. The number of hydrogen-bond donors (Lipinski definition) is 6. The van der Waals surface area contributed by atoms with E-state index in [2.05, 4.69) is 0 Å². The molecule has 0 aromatic heterocycles. The van der Waals surface area contributed by atoms with Crippen molar-refractivity contribution in [1.82, 2.24) is 4.90 Å². The van der Waals surface area contributed by atoms with E-state index in [1.165, 1.54) is 4.90 Å². The second kappa shape index (κ2) is 16.8. The van der Waals surface area contributed by atoms with Gasteiger partial charge in [0.15, 0.2) is 0 Å². The predicted molar refractivity (Wildman–Crippen MR) is 120 cm³/mol. The van der Waals surface area contributed by atoms with Gasteiger partial charge < -0.3 is 36.8 Å². The molecule has 10 nitrogen and oxygen atoms in total. The minimum atomic E-state index is -1.86. The van der Waals surface area contributed by atoms with Gasteiger partial charge in [0, 0.05) is 13.1 Å². The minimum Gasteiger partial charge on any atom is -0.481 e. The first-order valence-electron chi connectivity index (χ1n) is 11.6. The molecule has 188 valence electrons. The molecule has 1 amide bonds. The molecule has 0 radical (unpaired) electrons. The Balaban J connectivity index is 0.000000452. The normalized spacial score (nSPS) is 25.0. The van der Waals surface area contributed by atoms with Crippen molar-refractivity contribution in [2.45, 2.75) is 71.5 Å². The molecule has 0 aliphatic heterocycles. The zero-order valence-electron chi connectivity index (χ0n) is 19.5. The second-order valence-corrected chi connectivity index (χ2v) is 8.47. The molecule has 0 saturated heterocycles. The van der Waals surface area contributed by atoms with Crippen LogP contribution in [0.2, 0.25) is 0 Å². The summed E-state index contributed by atoms with van der Waals surface area (Å²) in [4.78, 5) is 33.1. The summed E-state index contributed by atoms with van der Waals surface area (Å²) in [6.07, 6.45) is 5.38. The summed E-state index contributed by atoms with van der Waals surface area (Å²) in [5.41, 5.74) is 11.0. The fraction of sp³-hybridized carbons (Fsp3) is 0.864. The van der Waals surface area contributed by atoms with E-state index >= 15 is 0 Å². The van der Waals surface area contributed by atoms with Crippen LogP contribution in [0.4, 0.5) is 0 Å². The van der Waals surface area contributed by atoms with Crippen molar-refractivity contribution in [2.75, 3.05) is 26.2 Å². The summed E-state index contributed by atoms with van der Waals surface area (Å²) in [7, 11) is 0. The molecule has 0 unspecified atom stereocenters. The third kappa shape index (κ3) is 11.8. The number of carbonyl (C=O) groups excluding carboxylic acids is 1. The van der Waals surface area contributed by atoms with Gasteiger partial charge in [-0.3, -0.25) is 14.4 Å². The van der Waals surface area contributed by atoms with E-state index < -0.39 is 24.1 Å². The van der Waals surface area contributed by atoms with E-state index in [9.17, 15) is 14.4 Å². The van der Waals surface area contributed by atoms with Crippen LogP contribution < -0.4 is 11.5 Å². The fourth-order valence-corrected chi connectivity index (χ4v) is 3.99. The lowest BCUT2D eigenvalue weighted by atomic mass is 9.82. The SMILES string of the molecule is CCN(CC)C(=O)C(O)O.NCC1CCC(C(=O)O)CC1.NCC1CCC(C(=O)O)CC1. The van der Waals surface area contributed by atoms with Gasteiger partial charge in [-0.05, 0) is 90.1 Å². The summed E-state index contributed by atoms with van der Waals surface area (Å²) in [5, 5.41) is 34.2. The number of rotatable bonds is 7. The lowest BCUT2D eigenvalue weighted by Crippen LogP contribution is -2.38. The van der Waals surface area contributed by atoms with Gasteiger partial charge in [0.1, 0.15) is 0 Å². The average molecular weight is 462 g/mol. The van der Waals surface area contributed by atoms with Gasteiger partial charge in [-0.2, -0.15) is 0 Å². The molecule has 0 atom stereocenters. The van der Waals surface area contributed by atoms with Crippen molar-refractivity contribution in [1.29, 1.82) is 0 Å². The zero-order chi connectivity index (χ0) is 24.7. The molecule has 2 rings (SSSR count). The molecule has 10 heteroatoms. The van der Waals surface area contributed by atoms with E-state index in [0.717, 1.165) is 51.4 Å². The lowest BCUT2D eigenvalue weighted by molar-refractivity contribution is -0.158. The van der Waals surface area contributed by atoms with Crippen LogP contribution in [-0.2, 0) is 14.4 Å². The first kappa shape index (κ1) is 30.2. The number of carboxylic acids is 2. The quantitative estimate of drug-likeness (QED) is 0.298. The van der Waals surface area contributed by atoms with Crippen LogP contribution in [0.5, 0.6) is 0 Å². The highest BCUT2D eigenvalue weighted by atomic mass is 16.5. The van der Waals surface area contributed by atoms with Gasteiger partial charge in [-0.25, -0.2) is 0 Å². The molecule has 2 fully saturated rings. The van der Waals surface area contributed by atoms with Crippen molar-refractivity contribution in [3.8, 4) is 0 Å². The molecule has 0 aromatic carbocycles. The maximum absolute atomic E-state index is 10.7. The van der Waals surface area contributed by atoms with Gasteiger partial charge in [0.05, 0.1) is 11.8 Å². The van der Waals surface area contributed by atoms with Crippen molar-refractivity contribution in [2.24, 2.45) is 35.1 Å². The Morgan fingerprint density at radius 3 is 1.22 bits per heavy atom. The average Bonchev–Trinajstić information content (AvgIpc) is 2.80. The number of hydrogen-bond acceptors (Lipinski definition) is 7. The number of likely N-dealkylation sites (N-methyl/N-ethyl adjacent to an activating group) is 1. The number of aliphatic hydroxyl groups excluding tert-OH is 1. The maximum atomic E-state index is 10.7. The van der Waals surface area contributed by atoms with Crippen LogP contribution in [0.25, 0.3) is 0 Å². The van der Waals surface area contributed by atoms with Crippen molar-refractivity contribution in [3.05, 3.63) is 0 Å². The summed E-state index contributed by atoms with van der Waals surface area (Å²) < 4.78 is 0. The maximum Gasteiger partial charge on any atom is 0.306 e. The fourth-order valence-electron chi connectivity index (χ4n) is 3.99. The Bertz CT molecular complexity index is 506. The lowest BCUT2D eigenvalue weighted by Gasteiger charge is -2.24. The Morgan fingerprint density at radius 1 is 0.750 bits per heavy atom. The van der Waals surface area contributed by atoms with Gasteiger partial charge in [0.25, 0.3) is 5.91 Å². The monoisotopic (exact) mass is 461 g/mol. The van der Waals surface area contributed by atoms with E-state index in [0.29, 0.717) is 38.0 Å². The molecule has 2 saturated carbocycles. The highest BCUT2D eigenvalue weighted by Crippen LogP contribution is 2.28. The van der Waals surface area contributed by atoms with E-state index in [1.54, 1.807) is 13.8 Å². The molecule has 0 spiro atoms. The van der Waals surface area contributed by atoms with E-state index in [1.807, 2.05) is 0 Å². The largest absolute Gasteiger partial charge is 0.481 e. The molecule has 2 aliphatic carbocycles. The number of amides is 1. The van der Waals surface area contributed by atoms with Gasteiger partial charge in [0.2, 0.25) is 6.29 Å². The second-order valence-electron chi connectivity index (χ2n) is 8.47. The third-order valence-electron chi connectivity index (χ3n) is 6.35. The first-order valence-corrected chi connectivity index (χ1v) is 11.6. The number of carbonyl (C=O) groups is 3. The number of nitrogens with two attached hydrogens (primary N) is 2. The Hall–Kier alpha value is -1.75. The Morgan fingerprint density at radius 2 is 1.06 bits per heavy atom. The third-order valence-corrected chi connectivity index (χ3v) is 6.35. The Labute approximate surface area is 191 Å². The highest BCUT2D eigenvalue weighted by molar-refractivity contribution is 5.78. The summed E-state index contributed by atoms with van der Waals surface area (Å²) in [6, 6.07) is 0. The van der Waals surface area contributed by atoms with E-state index in [4.69, 9.17) is 31.9 Å². The molecule has 0 aromatic rings. The summed E-state index contributed by atoms with van der Waals surface area (Å²) in [5.74, 6) is -0.960. The highest BCUT2D eigenvalue weighted by Gasteiger charge is 2.25. The number of aliphatic carboxylic acids is 2. The Kier molecular flexibility index (Phi) is 15.9. The summed E-state index contributed by atoms with van der Waals surface area (Å²) >= 11 is 0. The van der Waals surface area contributed by atoms with Crippen molar-refractivity contribution >= 4 is 17.8 Å². The van der Waals surface area contributed by atoms with Crippen LogP contribution in [0.1, 0.15) is 65.2 Å².